The summed E-state index contributed by atoms with van der Waals surface area (Å²) in [4.78, 5) is 20.7. The van der Waals surface area contributed by atoms with Gasteiger partial charge in [0.1, 0.15) is 5.82 Å². The molecule has 2 N–H and O–H groups in total. The van der Waals surface area contributed by atoms with E-state index in [1.54, 1.807) is 5.38 Å². The molecule has 2 aromatic heterocycles. The van der Waals surface area contributed by atoms with E-state index in [4.69, 9.17) is 0 Å². The van der Waals surface area contributed by atoms with E-state index < -0.39 is 46.0 Å². The molecule has 0 bridgehead atoms. The normalized spacial score (nSPS) is 13.0. The lowest BCUT2D eigenvalue weighted by atomic mass is 9.98. The molecule has 0 saturated carbocycles. The molecule has 1 aromatic carbocycles. The number of hydrogen-bond donors (Lipinski definition) is 2. The highest BCUT2D eigenvalue weighted by atomic mass is 32.2. The maximum Gasteiger partial charge on any atom is 0.416 e. The van der Waals surface area contributed by atoms with E-state index in [-0.39, 0.29) is 34.6 Å². The minimum absolute atomic E-state index is 0.0119. The van der Waals surface area contributed by atoms with Gasteiger partial charge in [-0.05, 0) is 24.6 Å². The number of nitrogens with one attached hydrogen (secondary N) is 2. The number of pyridine rings is 1. The summed E-state index contributed by atoms with van der Waals surface area (Å²) in [6, 6.07) is 4.73. The maximum atomic E-state index is 14.4. The monoisotopic (exact) mass is 516 g/mol. The van der Waals surface area contributed by atoms with Gasteiger partial charge in [0.05, 0.1) is 34.6 Å². The molecular weight excluding hydrogens is 496 g/mol. The highest BCUT2D eigenvalue weighted by molar-refractivity contribution is 7.88. The first kappa shape index (κ1) is 25.7. The maximum absolute atomic E-state index is 14.4. The molecule has 0 saturated heterocycles. The fourth-order valence-electron chi connectivity index (χ4n) is 3.15. The molecule has 1 atom stereocenters. The zero-order valence-electron chi connectivity index (χ0n) is 18.0. The third-order valence-electron chi connectivity index (χ3n) is 4.97. The van der Waals surface area contributed by atoms with E-state index in [1.165, 1.54) is 35.9 Å². The van der Waals surface area contributed by atoms with Crippen LogP contribution in [0.5, 0.6) is 0 Å². The minimum Gasteiger partial charge on any atom is -0.351 e. The molecule has 13 heteroatoms. The van der Waals surface area contributed by atoms with Crippen molar-refractivity contribution in [2.24, 2.45) is 0 Å². The Kier molecular flexibility index (Phi) is 7.68. The SMILES string of the molecule is CC(C(=O)NCc1c(C(F)(F)F)ccnc1-c1cscn1)c1ccc(CNS(C)(=O)=O)c(F)c1. The Labute approximate surface area is 197 Å². The van der Waals surface area contributed by atoms with Gasteiger partial charge < -0.3 is 5.32 Å². The molecule has 34 heavy (non-hydrogen) atoms. The Hall–Kier alpha value is -2.90. The molecule has 1 unspecified atom stereocenters. The number of alkyl halides is 3. The Morgan fingerprint density at radius 3 is 2.50 bits per heavy atom. The van der Waals surface area contributed by atoms with E-state index >= 15 is 0 Å². The summed E-state index contributed by atoms with van der Waals surface area (Å²) in [7, 11) is -3.52. The van der Waals surface area contributed by atoms with Crippen LogP contribution in [-0.4, -0.2) is 30.5 Å². The highest BCUT2D eigenvalue weighted by Gasteiger charge is 2.35. The summed E-state index contributed by atoms with van der Waals surface area (Å²) in [5.74, 6) is -2.23. The van der Waals surface area contributed by atoms with Gasteiger partial charge in [-0.25, -0.2) is 22.5 Å². The first-order chi connectivity index (χ1) is 15.9. The average molecular weight is 517 g/mol. The molecule has 0 aliphatic rings. The number of benzene rings is 1. The van der Waals surface area contributed by atoms with E-state index in [0.717, 1.165) is 24.6 Å². The molecule has 2 heterocycles. The summed E-state index contributed by atoms with van der Waals surface area (Å²) in [6.07, 6.45) is -2.69. The van der Waals surface area contributed by atoms with Gasteiger partial charge in [0, 0.05) is 35.8 Å². The average Bonchev–Trinajstić information content (AvgIpc) is 3.29. The van der Waals surface area contributed by atoms with Crippen molar-refractivity contribution < 1.29 is 30.8 Å². The van der Waals surface area contributed by atoms with Gasteiger partial charge >= 0.3 is 6.18 Å². The van der Waals surface area contributed by atoms with Gasteiger partial charge in [-0.1, -0.05) is 12.1 Å². The molecular formula is C21H20F4N4O3S2. The van der Waals surface area contributed by atoms with Crippen LogP contribution in [0.3, 0.4) is 0 Å². The Bertz CT molecular complexity index is 1280. The largest absolute Gasteiger partial charge is 0.416 e. The second kappa shape index (κ2) is 10.2. The predicted octanol–water partition coefficient (Wildman–Crippen LogP) is 3.83. The van der Waals surface area contributed by atoms with Crippen LogP contribution >= 0.6 is 11.3 Å². The molecule has 0 aliphatic carbocycles. The lowest BCUT2D eigenvalue weighted by Crippen LogP contribution is -2.29. The molecule has 3 rings (SSSR count). The van der Waals surface area contributed by atoms with Crippen molar-refractivity contribution in [1.29, 1.82) is 0 Å². The van der Waals surface area contributed by atoms with Crippen LogP contribution in [0.15, 0.2) is 41.4 Å². The smallest absolute Gasteiger partial charge is 0.351 e. The number of carbonyl (C=O) groups excluding carboxylic acids is 1. The second-order valence-electron chi connectivity index (χ2n) is 7.44. The zero-order chi connectivity index (χ0) is 25.1. The number of halogens is 4. The number of nitrogens with zero attached hydrogens (tertiary/aromatic N) is 2. The third kappa shape index (κ3) is 6.36. The van der Waals surface area contributed by atoms with E-state index in [1.807, 2.05) is 0 Å². The van der Waals surface area contributed by atoms with Crippen molar-refractivity contribution >= 4 is 27.3 Å². The van der Waals surface area contributed by atoms with Crippen LogP contribution in [0, 0.1) is 5.82 Å². The summed E-state index contributed by atoms with van der Waals surface area (Å²) >= 11 is 1.20. The van der Waals surface area contributed by atoms with Crippen molar-refractivity contribution in [3.05, 3.63) is 69.4 Å². The van der Waals surface area contributed by atoms with Crippen LogP contribution in [0.1, 0.15) is 35.1 Å². The van der Waals surface area contributed by atoms with E-state index in [9.17, 15) is 30.8 Å². The number of thiazole rings is 1. The van der Waals surface area contributed by atoms with Crippen molar-refractivity contribution in [1.82, 2.24) is 20.0 Å². The molecule has 1 amide bonds. The molecule has 7 nitrogen and oxygen atoms in total. The van der Waals surface area contributed by atoms with E-state index in [2.05, 4.69) is 20.0 Å². The molecule has 3 aromatic rings. The van der Waals surface area contributed by atoms with Crippen molar-refractivity contribution in [3.63, 3.8) is 0 Å². The van der Waals surface area contributed by atoms with Gasteiger partial charge in [0.2, 0.25) is 15.9 Å². The van der Waals surface area contributed by atoms with Crippen molar-refractivity contribution in [2.75, 3.05) is 6.26 Å². The van der Waals surface area contributed by atoms with Gasteiger partial charge in [0.25, 0.3) is 0 Å². The molecule has 0 aliphatic heterocycles. The van der Waals surface area contributed by atoms with Gasteiger partial charge in [0.15, 0.2) is 0 Å². The van der Waals surface area contributed by atoms with Gasteiger partial charge in [-0.2, -0.15) is 13.2 Å². The topological polar surface area (TPSA) is 101 Å². The Balaban J connectivity index is 1.79. The van der Waals surface area contributed by atoms with E-state index in [0.29, 0.717) is 0 Å². The number of aromatic nitrogens is 2. The third-order valence-corrected chi connectivity index (χ3v) is 6.23. The lowest BCUT2D eigenvalue weighted by Gasteiger charge is -2.18. The fraction of sp³-hybridized carbons (Fsp3) is 0.286. The number of carbonyl (C=O) groups is 1. The first-order valence-corrected chi connectivity index (χ1v) is 12.6. The summed E-state index contributed by atoms with van der Waals surface area (Å²) in [5.41, 5.74) is 0.930. The summed E-state index contributed by atoms with van der Waals surface area (Å²) in [5, 5.41) is 4.03. The summed E-state index contributed by atoms with van der Waals surface area (Å²) in [6.45, 7) is 0.761. The van der Waals surface area contributed by atoms with Crippen LogP contribution in [0.4, 0.5) is 17.6 Å². The van der Waals surface area contributed by atoms with Crippen LogP contribution < -0.4 is 10.0 Å². The minimum atomic E-state index is -4.67. The lowest BCUT2D eigenvalue weighted by molar-refractivity contribution is -0.138. The first-order valence-electron chi connectivity index (χ1n) is 9.81. The summed E-state index contributed by atoms with van der Waals surface area (Å²) < 4.78 is 79.7. The number of hydrogen-bond acceptors (Lipinski definition) is 6. The molecule has 0 fully saturated rings. The second-order valence-corrected chi connectivity index (χ2v) is 9.99. The number of rotatable bonds is 8. The Morgan fingerprint density at radius 2 is 1.91 bits per heavy atom. The quantitative estimate of drug-likeness (QED) is 0.443. The van der Waals surface area contributed by atoms with Crippen LogP contribution in [0.2, 0.25) is 0 Å². The van der Waals surface area contributed by atoms with Crippen LogP contribution in [-0.2, 0) is 34.1 Å². The Morgan fingerprint density at radius 1 is 1.18 bits per heavy atom. The molecule has 0 spiro atoms. The predicted molar refractivity (Wildman–Crippen MR) is 119 cm³/mol. The van der Waals surface area contributed by atoms with Crippen molar-refractivity contribution in [2.45, 2.75) is 32.1 Å². The molecule has 0 radical (unpaired) electrons. The fourth-order valence-corrected chi connectivity index (χ4v) is 4.11. The zero-order valence-corrected chi connectivity index (χ0v) is 19.6. The highest BCUT2D eigenvalue weighted by Crippen LogP contribution is 2.35. The van der Waals surface area contributed by atoms with Gasteiger partial charge in [-0.3, -0.25) is 9.78 Å². The molecule has 182 valence electrons. The van der Waals surface area contributed by atoms with Crippen molar-refractivity contribution in [3.8, 4) is 11.4 Å². The van der Waals surface area contributed by atoms with Gasteiger partial charge in [-0.15, -0.1) is 11.3 Å². The number of sulfonamides is 1. The van der Waals surface area contributed by atoms with Crippen LogP contribution in [0.25, 0.3) is 11.4 Å². The standard InChI is InChI=1S/C21H20F4N4O3S2/c1-12(13-3-4-14(17(22)7-13)8-29-34(2,31)32)20(30)27-9-15-16(21(23,24)25)5-6-26-19(15)18-10-33-11-28-18/h3-7,10-12,29H,8-9H2,1-2H3,(H,27,30). The number of amides is 1.